The van der Waals surface area contributed by atoms with Crippen LogP contribution in [0.4, 0.5) is 0 Å². The first-order chi connectivity index (χ1) is 12.1. The molecule has 25 heavy (non-hydrogen) atoms. The van der Waals surface area contributed by atoms with Crippen LogP contribution in [0.5, 0.6) is 0 Å². The summed E-state index contributed by atoms with van der Waals surface area (Å²) in [6.07, 6.45) is 7.86. The molecule has 0 aliphatic carbocycles. The van der Waals surface area contributed by atoms with Crippen LogP contribution < -0.4 is 5.32 Å². The third kappa shape index (κ3) is 4.87. The van der Waals surface area contributed by atoms with Gasteiger partial charge in [-0.15, -0.1) is 0 Å². The summed E-state index contributed by atoms with van der Waals surface area (Å²) < 4.78 is 7.30. The molecule has 3 heterocycles. The molecule has 1 unspecified atom stereocenters. The van der Waals surface area contributed by atoms with Gasteiger partial charge in [-0.2, -0.15) is 5.10 Å². The molecule has 1 fully saturated rings. The van der Waals surface area contributed by atoms with Crippen LogP contribution >= 0.6 is 0 Å². The molecule has 1 aliphatic heterocycles. The highest BCUT2D eigenvalue weighted by molar-refractivity contribution is 5.80. The summed E-state index contributed by atoms with van der Waals surface area (Å²) in [7, 11) is 1.97. The molecule has 0 radical (unpaired) electrons. The second-order valence-electron chi connectivity index (χ2n) is 7.19. The van der Waals surface area contributed by atoms with E-state index in [2.05, 4.69) is 35.4 Å². The van der Waals surface area contributed by atoms with Crippen molar-refractivity contribution >= 4 is 5.96 Å². The molecule has 1 atom stereocenters. The van der Waals surface area contributed by atoms with E-state index >= 15 is 0 Å². The van der Waals surface area contributed by atoms with Gasteiger partial charge in [-0.05, 0) is 30.0 Å². The second-order valence-corrected chi connectivity index (χ2v) is 7.19. The van der Waals surface area contributed by atoms with Crippen molar-refractivity contribution < 1.29 is 4.42 Å². The number of furan rings is 1. The molecular weight excluding hydrogens is 314 g/mol. The molecule has 1 N–H and O–H groups in total. The molecule has 3 rings (SSSR count). The Morgan fingerprint density at radius 1 is 1.48 bits per heavy atom. The molecule has 136 valence electrons. The van der Waals surface area contributed by atoms with Crippen LogP contribution in [0.3, 0.4) is 0 Å². The Hall–Kier alpha value is -2.24. The van der Waals surface area contributed by atoms with Crippen LogP contribution in [0.25, 0.3) is 0 Å². The lowest BCUT2D eigenvalue weighted by Gasteiger charge is -2.22. The van der Waals surface area contributed by atoms with E-state index in [0.717, 1.165) is 50.7 Å². The van der Waals surface area contributed by atoms with Crippen molar-refractivity contribution in [2.24, 2.45) is 18.0 Å². The van der Waals surface area contributed by atoms with Crippen LogP contribution in [0.1, 0.15) is 37.5 Å². The predicted molar refractivity (Wildman–Crippen MR) is 99.7 cm³/mol. The topological polar surface area (TPSA) is 58.6 Å². The summed E-state index contributed by atoms with van der Waals surface area (Å²) >= 11 is 0. The number of aromatic nitrogens is 2. The van der Waals surface area contributed by atoms with Crippen molar-refractivity contribution in [1.82, 2.24) is 20.0 Å². The number of likely N-dealkylation sites (tertiary alicyclic amines) is 1. The molecule has 0 aromatic carbocycles. The van der Waals surface area contributed by atoms with Gasteiger partial charge in [0.15, 0.2) is 5.96 Å². The summed E-state index contributed by atoms with van der Waals surface area (Å²) in [6, 6.07) is 3.95. The van der Waals surface area contributed by atoms with Gasteiger partial charge in [0.1, 0.15) is 5.76 Å². The first kappa shape index (κ1) is 17.6. The molecule has 2 aromatic heterocycles. The van der Waals surface area contributed by atoms with Gasteiger partial charge >= 0.3 is 0 Å². The van der Waals surface area contributed by atoms with Crippen LogP contribution in [0.2, 0.25) is 0 Å². The Morgan fingerprint density at radius 3 is 3.04 bits per heavy atom. The van der Waals surface area contributed by atoms with E-state index in [-0.39, 0.29) is 0 Å². The maximum absolute atomic E-state index is 5.41. The minimum Gasteiger partial charge on any atom is -0.469 e. The fraction of sp³-hybridized carbons (Fsp3) is 0.579. The lowest BCUT2D eigenvalue weighted by molar-refractivity contribution is 0.472. The molecule has 1 saturated heterocycles. The zero-order chi connectivity index (χ0) is 17.6. The molecular formula is C19H29N5O. The average Bonchev–Trinajstić information content (AvgIpc) is 3.31. The zero-order valence-corrected chi connectivity index (χ0v) is 15.5. The summed E-state index contributed by atoms with van der Waals surface area (Å²) in [5, 5.41) is 7.84. The van der Waals surface area contributed by atoms with Gasteiger partial charge in [0.2, 0.25) is 0 Å². The van der Waals surface area contributed by atoms with Gasteiger partial charge in [-0.3, -0.25) is 9.67 Å². The Labute approximate surface area is 149 Å². The smallest absolute Gasteiger partial charge is 0.193 e. The van der Waals surface area contributed by atoms with Crippen molar-refractivity contribution in [3.8, 4) is 0 Å². The fourth-order valence-corrected chi connectivity index (χ4v) is 3.16. The van der Waals surface area contributed by atoms with Crippen molar-refractivity contribution in [3.05, 3.63) is 42.1 Å². The number of rotatable bonds is 6. The zero-order valence-electron chi connectivity index (χ0n) is 15.5. The maximum atomic E-state index is 5.41. The molecule has 6 nitrogen and oxygen atoms in total. The van der Waals surface area contributed by atoms with Crippen molar-refractivity contribution in [2.75, 3.05) is 26.2 Å². The molecule has 0 amide bonds. The monoisotopic (exact) mass is 343 g/mol. The Kier molecular flexibility index (Phi) is 5.79. The standard InChI is InChI=1S/C19H29N5O/c1-15(2)11-21-19(20-8-6-18-5-4-10-25-18)24-9-7-16(14-24)17-12-22-23(3)13-17/h4-5,10,12-13,15-16H,6-9,11,14H2,1-3H3,(H,20,21). The summed E-state index contributed by atoms with van der Waals surface area (Å²) in [4.78, 5) is 7.21. The summed E-state index contributed by atoms with van der Waals surface area (Å²) in [6.45, 7) is 8.11. The van der Waals surface area contributed by atoms with Gasteiger partial charge in [0.05, 0.1) is 12.5 Å². The van der Waals surface area contributed by atoms with E-state index in [1.807, 2.05) is 30.1 Å². The van der Waals surface area contributed by atoms with Gasteiger partial charge < -0.3 is 14.6 Å². The first-order valence-electron chi connectivity index (χ1n) is 9.16. The first-order valence-corrected chi connectivity index (χ1v) is 9.16. The van der Waals surface area contributed by atoms with Crippen molar-refractivity contribution in [2.45, 2.75) is 32.6 Å². The summed E-state index contributed by atoms with van der Waals surface area (Å²) in [5.74, 6) is 3.11. The lowest BCUT2D eigenvalue weighted by atomic mass is 10.0. The highest BCUT2D eigenvalue weighted by atomic mass is 16.3. The number of guanidine groups is 1. The normalized spacial score (nSPS) is 18.3. The molecule has 0 saturated carbocycles. The van der Waals surface area contributed by atoms with Crippen LogP contribution in [0.15, 0.2) is 40.2 Å². The SMILES string of the molecule is CC(C)CN=C(NCCc1ccco1)N1CCC(c2cnn(C)c2)C1. The van der Waals surface area contributed by atoms with E-state index in [9.17, 15) is 0 Å². The van der Waals surface area contributed by atoms with Gasteiger partial charge in [0.25, 0.3) is 0 Å². The van der Waals surface area contributed by atoms with Gasteiger partial charge in [-0.1, -0.05) is 13.8 Å². The van der Waals surface area contributed by atoms with Gasteiger partial charge in [0, 0.05) is 51.8 Å². The van der Waals surface area contributed by atoms with E-state index in [0.29, 0.717) is 11.8 Å². The highest BCUT2D eigenvalue weighted by Gasteiger charge is 2.27. The quantitative estimate of drug-likeness (QED) is 0.647. The van der Waals surface area contributed by atoms with Crippen LogP contribution in [-0.4, -0.2) is 46.8 Å². The number of aryl methyl sites for hydroxylation is 1. The highest BCUT2D eigenvalue weighted by Crippen LogP contribution is 2.26. The third-order valence-corrected chi connectivity index (χ3v) is 4.52. The molecule has 0 bridgehead atoms. The number of hydrogen-bond donors (Lipinski definition) is 1. The lowest BCUT2D eigenvalue weighted by Crippen LogP contribution is -2.41. The van der Waals surface area contributed by atoms with E-state index in [1.165, 1.54) is 5.56 Å². The van der Waals surface area contributed by atoms with E-state index in [4.69, 9.17) is 9.41 Å². The fourth-order valence-electron chi connectivity index (χ4n) is 3.16. The third-order valence-electron chi connectivity index (χ3n) is 4.52. The van der Waals surface area contributed by atoms with Crippen molar-refractivity contribution in [3.63, 3.8) is 0 Å². The van der Waals surface area contributed by atoms with Gasteiger partial charge in [-0.25, -0.2) is 0 Å². The van der Waals surface area contributed by atoms with E-state index in [1.54, 1.807) is 6.26 Å². The Morgan fingerprint density at radius 2 is 2.36 bits per heavy atom. The van der Waals surface area contributed by atoms with Crippen LogP contribution in [-0.2, 0) is 13.5 Å². The predicted octanol–water partition coefficient (Wildman–Crippen LogP) is 2.65. The summed E-state index contributed by atoms with van der Waals surface area (Å²) in [5.41, 5.74) is 1.32. The van der Waals surface area contributed by atoms with Crippen LogP contribution in [0, 0.1) is 5.92 Å². The van der Waals surface area contributed by atoms with E-state index < -0.39 is 0 Å². The maximum Gasteiger partial charge on any atom is 0.193 e. The Balaban J connectivity index is 1.59. The largest absolute Gasteiger partial charge is 0.469 e. The molecule has 2 aromatic rings. The molecule has 6 heteroatoms. The average molecular weight is 343 g/mol. The minimum atomic E-state index is 0.532. The van der Waals surface area contributed by atoms with Crippen molar-refractivity contribution in [1.29, 1.82) is 0 Å². The minimum absolute atomic E-state index is 0.532. The Bertz CT molecular complexity index is 674. The number of aliphatic imine (C=N–C) groups is 1. The number of nitrogens with one attached hydrogen (secondary N) is 1. The second kappa shape index (κ2) is 8.23. The molecule has 0 spiro atoms. The molecule has 1 aliphatic rings. The number of nitrogens with zero attached hydrogens (tertiary/aromatic N) is 4. The number of hydrogen-bond acceptors (Lipinski definition) is 3.